The van der Waals surface area contributed by atoms with Crippen molar-refractivity contribution in [3.8, 4) is 5.75 Å². The molecule has 0 radical (unpaired) electrons. The molecule has 0 fully saturated rings. The minimum atomic E-state index is -0.190. The van der Waals surface area contributed by atoms with E-state index in [0.717, 1.165) is 31.4 Å². The van der Waals surface area contributed by atoms with Gasteiger partial charge in [-0.05, 0) is 44.7 Å². The Hall–Kier alpha value is -1.35. The summed E-state index contributed by atoms with van der Waals surface area (Å²) in [5, 5.41) is 3.48. The molecule has 1 aliphatic rings. The van der Waals surface area contributed by atoms with Crippen molar-refractivity contribution >= 4 is 0 Å². The minimum absolute atomic E-state index is 0.00107. The number of allylic oxidation sites excluding steroid dienone is 1. The van der Waals surface area contributed by atoms with Crippen molar-refractivity contribution < 1.29 is 9.13 Å². The average molecular weight is 277 g/mol. The quantitative estimate of drug-likeness (QED) is 0.779. The van der Waals surface area contributed by atoms with E-state index >= 15 is 0 Å². The monoisotopic (exact) mass is 277 g/mol. The smallest absolute Gasteiger partial charge is 0.132 e. The number of halogens is 1. The van der Waals surface area contributed by atoms with Gasteiger partial charge in [-0.2, -0.15) is 0 Å². The zero-order valence-corrected chi connectivity index (χ0v) is 12.4. The SMILES string of the molecule is CCCNC(C1=CCCCC1)c1ccc(OC)cc1F. The Morgan fingerprint density at radius 3 is 2.80 bits per heavy atom. The van der Waals surface area contributed by atoms with Gasteiger partial charge in [0, 0.05) is 11.6 Å². The molecule has 110 valence electrons. The zero-order chi connectivity index (χ0) is 14.4. The number of benzene rings is 1. The minimum Gasteiger partial charge on any atom is -0.497 e. The standard InChI is InChI=1S/C17H24FNO/c1-3-11-19-17(13-7-5-4-6-8-13)15-10-9-14(20-2)12-16(15)18/h7,9-10,12,17,19H,3-6,8,11H2,1-2H3. The number of methoxy groups -OCH3 is 1. The van der Waals surface area contributed by atoms with Gasteiger partial charge >= 0.3 is 0 Å². The molecule has 1 atom stereocenters. The van der Waals surface area contributed by atoms with E-state index < -0.39 is 0 Å². The number of ether oxygens (including phenoxy) is 1. The van der Waals surface area contributed by atoms with E-state index in [-0.39, 0.29) is 11.9 Å². The fraction of sp³-hybridized carbons (Fsp3) is 0.529. The molecule has 1 aromatic rings. The third kappa shape index (κ3) is 3.60. The highest BCUT2D eigenvalue weighted by atomic mass is 19.1. The van der Waals surface area contributed by atoms with Gasteiger partial charge in [-0.15, -0.1) is 0 Å². The van der Waals surface area contributed by atoms with Crippen LogP contribution in [0.3, 0.4) is 0 Å². The number of hydrogen-bond acceptors (Lipinski definition) is 2. The van der Waals surface area contributed by atoms with Crippen LogP contribution in [0.4, 0.5) is 4.39 Å². The highest BCUT2D eigenvalue weighted by Gasteiger charge is 2.21. The third-order valence-electron chi connectivity index (χ3n) is 3.81. The van der Waals surface area contributed by atoms with Crippen LogP contribution in [-0.2, 0) is 0 Å². The Labute approximate surface area is 121 Å². The molecule has 0 aliphatic heterocycles. The highest BCUT2D eigenvalue weighted by molar-refractivity contribution is 5.35. The molecule has 1 aromatic carbocycles. The Balaban J connectivity index is 2.27. The first-order valence-corrected chi connectivity index (χ1v) is 7.52. The summed E-state index contributed by atoms with van der Waals surface area (Å²) in [4.78, 5) is 0. The maximum atomic E-state index is 14.3. The summed E-state index contributed by atoms with van der Waals surface area (Å²) in [6.45, 7) is 3.02. The molecular weight excluding hydrogens is 253 g/mol. The van der Waals surface area contributed by atoms with Crippen LogP contribution in [0.25, 0.3) is 0 Å². The average Bonchev–Trinajstić information content (AvgIpc) is 2.50. The molecule has 1 N–H and O–H groups in total. The Morgan fingerprint density at radius 2 is 2.20 bits per heavy atom. The third-order valence-corrected chi connectivity index (χ3v) is 3.81. The second-order valence-corrected chi connectivity index (χ2v) is 5.30. The molecule has 0 aromatic heterocycles. The molecular formula is C17H24FNO. The van der Waals surface area contributed by atoms with Gasteiger partial charge in [0.1, 0.15) is 11.6 Å². The van der Waals surface area contributed by atoms with Gasteiger partial charge in [0.25, 0.3) is 0 Å². The lowest BCUT2D eigenvalue weighted by Gasteiger charge is -2.25. The molecule has 20 heavy (non-hydrogen) atoms. The maximum absolute atomic E-state index is 14.3. The summed E-state index contributed by atoms with van der Waals surface area (Å²) < 4.78 is 19.4. The first kappa shape index (κ1) is 15.0. The molecule has 2 rings (SSSR count). The molecule has 0 saturated heterocycles. The molecule has 0 spiro atoms. The van der Waals surface area contributed by atoms with Gasteiger partial charge in [0.05, 0.1) is 13.2 Å². The van der Waals surface area contributed by atoms with Crippen LogP contribution in [0.15, 0.2) is 29.8 Å². The van der Waals surface area contributed by atoms with Crippen LogP contribution in [0.5, 0.6) is 5.75 Å². The van der Waals surface area contributed by atoms with Crippen molar-refractivity contribution in [2.45, 2.75) is 45.1 Å². The van der Waals surface area contributed by atoms with Gasteiger partial charge in [0.15, 0.2) is 0 Å². The lowest BCUT2D eigenvalue weighted by Crippen LogP contribution is -2.25. The lowest BCUT2D eigenvalue weighted by atomic mass is 9.89. The molecule has 0 saturated carbocycles. The van der Waals surface area contributed by atoms with E-state index in [1.54, 1.807) is 7.11 Å². The Kier molecular flexibility index (Phi) is 5.60. The zero-order valence-electron chi connectivity index (χ0n) is 12.4. The fourth-order valence-electron chi connectivity index (χ4n) is 2.72. The normalized spacial score (nSPS) is 16.6. The van der Waals surface area contributed by atoms with Gasteiger partial charge in [-0.1, -0.05) is 24.6 Å². The fourth-order valence-corrected chi connectivity index (χ4v) is 2.72. The molecule has 3 heteroatoms. The first-order chi connectivity index (χ1) is 9.76. The van der Waals surface area contributed by atoms with Crippen LogP contribution in [0, 0.1) is 5.82 Å². The molecule has 0 heterocycles. The van der Waals surface area contributed by atoms with E-state index in [2.05, 4.69) is 18.3 Å². The van der Waals surface area contributed by atoms with Crippen molar-refractivity contribution in [1.82, 2.24) is 5.32 Å². The number of nitrogens with one attached hydrogen (secondary N) is 1. The second kappa shape index (κ2) is 7.44. The number of hydrogen-bond donors (Lipinski definition) is 1. The van der Waals surface area contributed by atoms with Crippen LogP contribution < -0.4 is 10.1 Å². The van der Waals surface area contributed by atoms with E-state index in [4.69, 9.17) is 4.74 Å². The number of rotatable bonds is 6. The van der Waals surface area contributed by atoms with Crippen molar-refractivity contribution in [2.24, 2.45) is 0 Å². The largest absolute Gasteiger partial charge is 0.497 e. The van der Waals surface area contributed by atoms with Crippen molar-refractivity contribution in [2.75, 3.05) is 13.7 Å². The van der Waals surface area contributed by atoms with Gasteiger partial charge in [0.2, 0.25) is 0 Å². The first-order valence-electron chi connectivity index (χ1n) is 7.52. The molecule has 0 amide bonds. The summed E-state index contributed by atoms with van der Waals surface area (Å²) >= 11 is 0. The summed E-state index contributed by atoms with van der Waals surface area (Å²) in [5.74, 6) is 0.377. The molecule has 2 nitrogen and oxygen atoms in total. The van der Waals surface area contributed by atoms with Crippen LogP contribution in [-0.4, -0.2) is 13.7 Å². The second-order valence-electron chi connectivity index (χ2n) is 5.30. The van der Waals surface area contributed by atoms with Crippen LogP contribution in [0.1, 0.15) is 50.6 Å². The van der Waals surface area contributed by atoms with E-state index in [1.165, 1.54) is 24.5 Å². The summed E-state index contributed by atoms with van der Waals surface area (Å²) in [6.07, 6.45) is 7.94. The maximum Gasteiger partial charge on any atom is 0.132 e. The topological polar surface area (TPSA) is 21.3 Å². The van der Waals surface area contributed by atoms with Gasteiger partial charge in [-0.25, -0.2) is 4.39 Å². The van der Waals surface area contributed by atoms with Crippen LogP contribution in [0.2, 0.25) is 0 Å². The Morgan fingerprint density at radius 1 is 1.35 bits per heavy atom. The van der Waals surface area contributed by atoms with E-state index in [0.29, 0.717) is 5.75 Å². The van der Waals surface area contributed by atoms with Crippen molar-refractivity contribution in [3.63, 3.8) is 0 Å². The Bertz CT molecular complexity index is 470. The molecule has 1 unspecified atom stereocenters. The van der Waals surface area contributed by atoms with Crippen molar-refractivity contribution in [1.29, 1.82) is 0 Å². The van der Waals surface area contributed by atoms with Gasteiger partial charge in [-0.3, -0.25) is 0 Å². The summed E-state index contributed by atoms with van der Waals surface area (Å²) in [5.41, 5.74) is 2.06. The van der Waals surface area contributed by atoms with E-state index in [1.807, 2.05) is 12.1 Å². The van der Waals surface area contributed by atoms with Crippen LogP contribution >= 0.6 is 0 Å². The van der Waals surface area contributed by atoms with Crippen molar-refractivity contribution in [3.05, 3.63) is 41.2 Å². The summed E-state index contributed by atoms with van der Waals surface area (Å²) in [7, 11) is 1.56. The molecule has 0 bridgehead atoms. The van der Waals surface area contributed by atoms with Gasteiger partial charge < -0.3 is 10.1 Å². The molecule has 1 aliphatic carbocycles. The highest BCUT2D eigenvalue weighted by Crippen LogP contribution is 2.32. The van der Waals surface area contributed by atoms with E-state index in [9.17, 15) is 4.39 Å². The lowest BCUT2D eigenvalue weighted by molar-refractivity contribution is 0.409. The summed E-state index contributed by atoms with van der Waals surface area (Å²) in [6, 6.07) is 5.15. The predicted molar refractivity (Wildman–Crippen MR) is 80.5 cm³/mol. The predicted octanol–water partition coefficient (Wildman–Crippen LogP) is 4.38.